The summed E-state index contributed by atoms with van der Waals surface area (Å²) in [5.41, 5.74) is 1.15. The predicted molar refractivity (Wildman–Crippen MR) is 68.8 cm³/mol. The monoisotopic (exact) mass is 266 g/mol. The summed E-state index contributed by atoms with van der Waals surface area (Å²) in [6.07, 6.45) is -0.112. The molecule has 0 radical (unpaired) electrons. The molecule has 0 aliphatic carbocycles. The molecule has 0 aliphatic rings. The zero-order valence-corrected chi connectivity index (χ0v) is 10.9. The molecule has 0 fully saturated rings. The maximum atomic E-state index is 11.3. The Hall–Kier alpha value is -1.88. The number of aliphatic carboxylic acids is 1. The van der Waals surface area contributed by atoms with Crippen LogP contribution in [0.3, 0.4) is 0 Å². The second-order valence-corrected chi connectivity index (χ2v) is 3.93. The smallest absolute Gasteiger partial charge is 0.347 e. The van der Waals surface area contributed by atoms with E-state index in [9.17, 15) is 9.59 Å². The Bertz CT molecular complexity index is 402. The first-order valence-electron chi connectivity index (χ1n) is 6.20. The van der Waals surface area contributed by atoms with Crippen LogP contribution in [-0.4, -0.2) is 36.4 Å². The van der Waals surface area contributed by atoms with Gasteiger partial charge >= 0.3 is 11.9 Å². The van der Waals surface area contributed by atoms with Crippen LogP contribution in [-0.2, 0) is 25.5 Å². The van der Waals surface area contributed by atoms with Crippen molar-refractivity contribution in [3.63, 3.8) is 0 Å². The molecule has 1 N–H and O–H groups in total. The zero-order chi connectivity index (χ0) is 14.1. The fraction of sp³-hybridized carbons (Fsp3) is 0.429. The summed E-state index contributed by atoms with van der Waals surface area (Å²) in [5, 5.41) is 8.86. The van der Waals surface area contributed by atoms with Gasteiger partial charge in [-0.15, -0.1) is 0 Å². The second-order valence-electron chi connectivity index (χ2n) is 3.93. The number of aryl methyl sites for hydroxylation is 1. The van der Waals surface area contributed by atoms with E-state index in [0.29, 0.717) is 6.42 Å². The van der Waals surface area contributed by atoms with E-state index in [1.165, 1.54) is 0 Å². The van der Waals surface area contributed by atoms with E-state index < -0.39 is 18.0 Å². The number of hydrogen-bond acceptors (Lipinski definition) is 4. The highest BCUT2D eigenvalue weighted by Gasteiger charge is 2.28. The molecule has 0 aliphatic heterocycles. The van der Waals surface area contributed by atoms with E-state index in [0.717, 1.165) is 12.0 Å². The highest BCUT2D eigenvalue weighted by Crippen LogP contribution is 2.04. The van der Waals surface area contributed by atoms with Gasteiger partial charge < -0.3 is 14.6 Å². The molecular formula is C14H18O5. The molecule has 0 heterocycles. The minimum atomic E-state index is -1.53. The van der Waals surface area contributed by atoms with Gasteiger partial charge in [0.15, 0.2) is 0 Å². The summed E-state index contributed by atoms with van der Waals surface area (Å²) in [6.45, 7) is 1.95. The van der Waals surface area contributed by atoms with Gasteiger partial charge in [0.1, 0.15) is 0 Å². The number of esters is 1. The molecule has 0 saturated heterocycles. The quantitative estimate of drug-likeness (QED) is 0.440. The molecule has 19 heavy (non-hydrogen) atoms. The molecule has 1 aromatic rings. The van der Waals surface area contributed by atoms with E-state index >= 15 is 0 Å². The lowest BCUT2D eigenvalue weighted by Crippen LogP contribution is -2.34. The summed E-state index contributed by atoms with van der Waals surface area (Å²) in [5.74, 6) is -2.17. The maximum Gasteiger partial charge on any atom is 0.347 e. The zero-order valence-electron chi connectivity index (χ0n) is 10.9. The van der Waals surface area contributed by atoms with Gasteiger partial charge in [0.2, 0.25) is 0 Å². The van der Waals surface area contributed by atoms with Gasteiger partial charge in [-0.1, -0.05) is 30.3 Å². The molecule has 1 aromatic carbocycles. The van der Waals surface area contributed by atoms with Crippen LogP contribution in [0.2, 0.25) is 0 Å². The summed E-state index contributed by atoms with van der Waals surface area (Å²) >= 11 is 0. The van der Waals surface area contributed by atoms with E-state index in [1.807, 2.05) is 30.3 Å². The molecule has 5 nitrogen and oxygen atoms in total. The number of carboxylic acids is 1. The summed E-state index contributed by atoms with van der Waals surface area (Å²) < 4.78 is 9.70. The van der Waals surface area contributed by atoms with E-state index in [1.54, 1.807) is 6.92 Å². The Labute approximate surface area is 112 Å². The van der Waals surface area contributed by atoms with Crippen molar-refractivity contribution < 1.29 is 24.2 Å². The average molecular weight is 266 g/mol. The number of benzene rings is 1. The SMILES string of the molecule is CCOC(=O)C(OCCCc1ccccc1)C(=O)O. The number of hydrogen-bond donors (Lipinski definition) is 1. The normalized spacial score (nSPS) is 11.8. The van der Waals surface area contributed by atoms with Gasteiger partial charge in [-0.05, 0) is 25.3 Å². The van der Waals surface area contributed by atoms with Crippen molar-refractivity contribution in [2.75, 3.05) is 13.2 Å². The second kappa shape index (κ2) is 8.26. The van der Waals surface area contributed by atoms with Crippen LogP contribution < -0.4 is 0 Å². The largest absolute Gasteiger partial charge is 0.479 e. The van der Waals surface area contributed by atoms with Crippen molar-refractivity contribution in [1.29, 1.82) is 0 Å². The van der Waals surface area contributed by atoms with Crippen molar-refractivity contribution in [3.05, 3.63) is 35.9 Å². The van der Waals surface area contributed by atoms with Crippen LogP contribution in [0.1, 0.15) is 18.9 Å². The summed E-state index contributed by atoms with van der Waals surface area (Å²) in [6, 6.07) is 9.78. The minimum absolute atomic E-state index is 0.135. The first-order valence-corrected chi connectivity index (χ1v) is 6.20. The number of carboxylic acid groups (broad SMARTS) is 1. The van der Waals surface area contributed by atoms with Crippen molar-refractivity contribution in [3.8, 4) is 0 Å². The molecule has 0 spiro atoms. The maximum absolute atomic E-state index is 11.3. The molecule has 5 heteroatoms. The van der Waals surface area contributed by atoms with Gasteiger partial charge in [-0.3, -0.25) is 0 Å². The van der Waals surface area contributed by atoms with E-state index in [-0.39, 0.29) is 13.2 Å². The summed E-state index contributed by atoms with van der Waals surface area (Å²) in [4.78, 5) is 22.2. The highest BCUT2D eigenvalue weighted by molar-refractivity contribution is 5.97. The fourth-order valence-corrected chi connectivity index (χ4v) is 1.58. The molecular weight excluding hydrogens is 248 g/mol. The topological polar surface area (TPSA) is 72.8 Å². The molecule has 0 amide bonds. The van der Waals surface area contributed by atoms with Crippen LogP contribution in [0, 0.1) is 0 Å². The molecule has 0 bridgehead atoms. The lowest BCUT2D eigenvalue weighted by molar-refractivity contribution is -0.169. The number of ether oxygens (including phenoxy) is 2. The van der Waals surface area contributed by atoms with Crippen LogP contribution >= 0.6 is 0 Å². The number of rotatable bonds is 8. The lowest BCUT2D eigenvalue weighted by atomic mass is 10.1. The van der Waals surface area contributed by atoms with Gasteiger partial charge in [0.25, 0.3) is 6.10 Å². The first-order chi connectivity index (χ1) is 9.15. The van der Waals surface area contributed by atoms with Gasteiger partial charge in [-0.25, -0.2) is 9.59 Å². The Balaban J connectivity index is 2.33. The van der Waals surface area contributed by atoms with Crippen molar-refractivity contribution >= 4 is 11.9 Å². The average Bonchev–Trinajstić information content (AvgIpc) is 2.39. The third kappa shape index (κ3) is 5.52. The van der Waals surface area contributed by atoms with Gasteiger partial charge in [0, 0.05) is 6.61 Å². The highest BCUT2D eigenvalue weighted by atomic mass is 16.6. The van der Waals surface area contributed by atoms with Crippen molar-refractivity contribution in [2.45, 2.75) is 25.9 Å². The molecule has 1 rings (SSSR count). The molecule has 1 atom stereocenters. The minimum Gasteiger partial charge on any atom is -0.479 e. The van der Waals surface area contributed by atoms with E-state index in [2.05, 4.69) is 4.74 Å². The number of carbonyl (C=O) groups is 2. The standard InChI is InChI=1S/C14H18O5/c1-2-18-14(17)12(13(15)16)19-10-6-9-11-7-4-3-5-8-11/h3-5,7-8,12H,2,6,9-10H2,1H3,(H,15,16). The number of carbonyl (C=O) groups excluding carboxylic acids is 1. The molecule has 0 saturated carbocycles. The molecule has 104 valence electrons. The fourth-order valence-electron chi connectivity index (χ4n) is 1.58. The third-order valence-corrected chi connectivity index (χ3v) is 2.46. The van der Waals surface area contributed by atoms with Crippen LogP contribution in [0.15, 0.2) is 30.3 Å². The van der Waals surface area contributed by atoms with E-state index in [4.69, 9.17) is 9.84 Å². The Kier molecular flexibility index (Phi) is 6.60. The van der Waals surface area contributed by atoms with Crippen molar-refractivity contribution in [1.82, 2.24) is 0 Å². The Morgan fingerprint density at radius 3 is 2.53 bits per heavy atom. The van der Waals surface area contributed by atoms with Crippen LogP contribution in [0.25, 0.3) is 0 Å². The van der Waals surface area contributed by atoms with Crippen LogP contribution in [0.5, 0.6) is 0 Å². The lowest BCUT2D eigenvalue weighted by Gasteiger charge is -2.12. The third-order valence-electron chi connectivity index (χ3n) is 2.46. The first kappa shape index (κ1) is 15.2. The van der Waals surface area contributed by atoms with Crippen molar-refractivity contribution in [2.24, 2.45) is 0 Å². The molecule has 1 unspecified atom stereocenters. The molecule has 0 aromatic heterocycles. The summed E-state index contributed by atoms with van der Waals surface area (Å²) in [7, 11) is 0. The Morgan fingerprint density at radius 2 is 1.95 bits per heavy atom. The Morgan fingerprint density at radius 1 is 1.26 bits per heavy atom. The van der Waals surface area contributed by atoms with Gasteiger partial charge in [-0.2, -0.15) is 0 Å². The van der Waals surface area contributed by atoms with Gasteiger partial charge in [0.05, 0.1) is 6.61 Å². The van der Waals surface area contributed by atoms with Crippen LogP contribution in [0.4, 0.5) is 0 Å². The predicted octanol–water partition coefficient (Wildman–Crippen LogP) is 1.65.